The fourth-order valence-electron chi connectivity index (χ4n) is 1.95. The second-order valence-corrected chi connectivity index (χ2v) is 6.42. The number of benzene rings is 1. The molecule has 8 nitrogen and oxygen atoms in total. The summed E-state index contributed by atoms with van der Waals surface area (Å²) >= 11 is 6.88. The van der Waals surface area contributed by atoms with Crippen LogP contribution in [-0.4, -0.2) is 52.5 Å². The first-order valence-electron chi connectivity index (χ1n) is 7.69. The highest BCUT2D eigenvalue weighted by atomic mass is 35.5. The van der Waals surface area contributed by atoms with Gasteiger partial charge in [-0.25, -0.2) is 4.79 Å². The lowest BCUT2D eigenvalue weighted by Crippen LogP contribution is -2.37. The van der Waals surface area contributed by atoms with E-state index in [4.69, 9.17) is 16.3 Å². The van der Waals surface area contributed by atoms with Crippen LogP contribution in [0.4, 0.5) is 5.69 Å². The lowest BCUT2D eigenvalue weighted by atomic mass is 10.3. The molecule has 0 aliphatic heterocycles. The molecule has 138 valence electrons. The standard InChI is InChI=1S/C16H17ClN4O4S/c1-3-11-15(26-20-19-11)16(24)25-9-14(23)21(2)8-13(22)18-12-7-5-4-6-10(12)17/h4-7H,3,8-9H2,1-2H3,(H,18,22). The third-order valence-electron chi connectivity index (χ3n) is 3.36. The van der Waals surface area contributed by atoms with Gasteiger partial charge in [-0.05, 0) is 30.1 Å². The minimum absolute atomic E-state index is 0.204. The number of aryl methyl sites for hydroxylation is 1. The number of esters is 1. The molecule has 2 amide bonds. The summed E-state index contributed by atoms with van der Waals surface area (Å²) in [5, 5.41) is 6.82. The lowest BCUT2D eigenvalue weighted by Gasteiger charge is -2.17. The summed E-state index contributed by atoms with van der Waals surface area (Å²) in [4.78, 5) is 37.4. The normalized spacial score (nSPS) is 10.3. The SMILES string of the molecule is CCc1nnsc1C(=O)OCC(=O)N(C)CC(=O)Nc1ccccc1Cl. The van der Waals surface area contributed by atoms with E-state index >= 15 is 0 Å². The van der Waals surface area contributed by atoms with E-state index in [1.807, 2.05) is 6.92 Å². The Hall–Kier alpha value is -2.52. The number of aromatic nitrogens is 2. The number of anilines is 1. The average molecular weight is 397 g/mol. The van der Waals surface area contributed by atoms with Crippen LogP contribution in [0, 0.1) is 0 Å². The molecule has 26 heavy (non-hydrogen) atoms. The molecule has 10 heteroatoms. The number of likely N-dealkylation sites (N-methyl/N-ethyl adjacent to an activating group) is 1. The maximum atomic E-state index is 12.0. The fourth-order valence-corrected chi connectivity index (χ4v) is 2.78. The van der Waals surface area contributed by atoms with Crippen molar-refractivity contribution < 1.29 is 19.1 Å². The first-order valence-corrected chi connectivity index (χ1v) is 8.84. The molecular weight excluding hydrogens is 380 g/mol. The monoisotopic (exact) mass is 396 g/mol. The van der Waals surface area contributed by atoms with E-state index < -0.39 is 24.4 Å². The van der Waals surface area contributed by atoms with Gasteiger partial charge in [0.1, 0.15) is 0 Å². The molecule has 2 rings (SSSR count). The molecule has 0 radical (unpaired) electrons. The fraction of sp³-hybridized carbons (Fsp3) is 0.312. The molecule has 0 saturated heterocycles. The van der Waals surface area contributed by atoms with Crippen LogP contribution in [0.15, 0.2) is 24.3 Å². The van der Waals surface area contributed by atoms with Crippen molar-refractivity contribution in [2.45, 2.75) is 13.3 Å². The van der Waals surface area contributed by atoms with Gasteiger partial charge in [0.05, 0.1) is 22.9 Å². The Labute approximate surface area is 159 Å². The van der Waals surface area contributed by atoms with Gasteiger partial charge in [-0.3, -0.25) is 9.59 Å². The van der Waals surface area contributed by atoms with Crippen LogP contribution in [0.25, 0.3) is 0 Å². The molecule has 2 aromatic rings. The maximum Gasteiger partial charge on any atom is 0.352 e. The van der Waals surface area contributed by atoms with Crippen LogP contribution in [-0.2, 0) is 20.7 Å². The van der Waals surface area contributed by atoms with Gasteiger partial charge in [0, 0.05) is 7.05 Å². The number of rotatable bonds is 7. The molecule has 0 fully saturated rings. The Morgan fingerprint density at radius 2 is 2.04 bits per heavy atom. The zero-order valence-electron chi connectivity index (χ0n) is 14.2. The first-order chi connectivity index (χ1) is 12.4. The van der Waals surface area contributed by atoms with Crippen molar-refractivity contribution >= 4 is 46.6 Å². The highest BCUT2D eigenvalue weighted by Gasteiger charge is 2.20. The molecule has 0 atom stereocenters. The summed E-state index contributed by atoms with van der Waals surface area (Å²) in [6.45, 7) is 1.16. The Bertz CT molecular complexity index is 811. The molecule has 0 bridgehead atoms. The number of carbonyl (C=O) groups excluding carboxylic acids is 3. The number of nitrogens with one attached hydrogen (secondary N) is 1. The topological polar surface area (TPSA) is 101 Å². The molecule has 1 aromatic carbocycles. The number of ether oxygens (including phenoxy) is 1. The number of hydrogen-bond donors (Lipinski definition) is 1. The van der Waals surface area contributed by atoms with Crippen LogP contribution < -0.4 is 5.32 Å². The van der Waals surface area contributed by atoms with Crippen molar-refractivity contribution in [1.82, 2.24) is 14.5 Å². The van der Waals surface area contributed by atoms with Gasteiger partial charge in [-0.2, -0.15) is 0 Å². The van der Waals surface area contributed by atoms with E-state index in [-0.39, 0.29) is 11.4 Å². The van der Waals surface area contributed by atoms with Gasteiger partial charge in [0.25, 0.3) is 5.91 Å². The Kier molecular flexibility index (Phi) is 7.05. The number of carbonyl (C=O) groups is 3. The second-order valence-electron chi connectivity index (χ2n) is 5.26. The van der Waals surface area contributed by atoms with Gasteiger partial charge < -0.3 is 15.0 Å². The average Bonchev–Trinajstić information content (AvgIpc) is 3.10. The molecule has 0 saturated carbocycles. The molecule has 0 unspecified atom stereocenters. The van der Waals surface area contributed by atoms with E-state index in [0.717, 1.165) is 16.4 Å². The Balaban J connectivity index is 1.82. The third kappa shape index (κ3) is 5.24. The van der Waals surface area contributed by atoms with Crippen LogP contribution in [0.3, 0.4) is 0 Å². The van der Waals surface area contributed by atoms with Gasteiger partial charge in [0.15, 0.2) is 11.5 Å². The smallest absolute Gasteiger partial charge is 0.352 e. The molecule has 0 spiro atoms. The molecule has 1 heterocycles. The van der Waals surface area contributed by atoms with E-state index in [9.17, 15) is 14.4 Å². The Morgan fingerprint density at radius 3 is 2.73 bits per heavy atom. The number of halogens is 1. The molecular formula is C16H17ClN4O4S. The number of nitrogens with zero attached hydrogens (tertiary/aromatic N) is 3. The molecule has 0 aliphatic carbocycles. The van der Waals surface area contributed by atoms with Crippen molar-refractivity contribution in [3.8, 4) is 0 Å². The van der Waals surface area contributed by atoms with Crippen molar-refractivity contribution in [1.29, 1.82) is 0 Å². The number of amides is 2. The van der Waals surface area contributed by atoms with E-state index in [0.29, 0.717) is 22.8 Å². The van der Waals surface area contributed by atoms with Crippen molar-refractivity contribution in [2.24, 2.45) is 0 Å². The zero-order valence-corrected chi connectivity index (χ0v) is 15.8. The zero-order chi connectivity index (χ0) is 19.1. The van der Waals surface area contributed by atoms with Gasteiger partial charge in [-0.15, -0.1) is 5.10 Å². The quantitative estimate of drug-likeness (QED) is 0.718. The van der Waals surface area contributed by atoms with Gasteiger partial charge in [0.2, 0.25) is 5.91 Å². The lowest BCUT2D eigenvalue weighted by molar-refractivity contribution is -0.136. The Morgan fingerprint density at radius 1 is 1.31 bits per heavy atom. The highest BCUT2D eigenvalue weighted by Crippen LogP contribution is 2.20. The first kappa shape index (κ1) is 19.8. The van der Waals surface area contributed by atoms with Crippen molar-refractivity contribution in [3.63, 3.8) is 0 Å². The summed E-state index contributed by atoms with van der Waals surface area (Å²) < 4.78 is 8.67. The van der Waals surface area contributed by atoms with Crippen LogP contribution >= 0.6 is 23.1 Å². The molecule has 1 N–H and O–H groups in total. The highest BCUT2D eigenvalue weighted by molar-refractivity contribution is 7.07. The number of hydrogen-bond acceptors (Lipinski definition) is 7. The van der Waals surface area contributed by atoms with E-state index in [1.165, 1.54) is 7.05 Å². The summed E-state index contributed by atoms with van der Waals surface area (Å²) in [6.07, 6.45) is 0.539. The van der Waals surface area contributed by atoms with Crippen molar-refractivity contribution in [2.75, 3.05) is 25.5 Å². The summed E-state index contributed by atoms with van der Waals surface area (Å²) in [5.74, 6) is -1.58. The molecule has 0 aliphatic rings. The largest absolute Gasteiger partial charge is 0.451 e. The summed E-state index contributed by atoms with van der Waals surface area (Å²) in [7, 11) is 1.44. The summed E-state index contributed by atoms with van der Waals surface area (Å²) in [5.41, 5.74) is 0.983. The number of para-hydroxylation sites is 1. The second kappa shape index (κ2) is 9.25. The van der Waals surface area contributed by atoms with Crippen molar-refractivity contribution in [3.05, 3.63) is 39.9 Å². The predicted octanol–water partition coefficient (Wildman–Crippen LogP) is 2.01. The summed E-state index contributed by atoms with van der Waals surface area (Å²) in [6, 6.07) is 6.77. The maximum absolute atomic E-state index is 12.0. The molecule has 1 aromatic heterocycles. The van der Waals surface area contributed by atoms with Crippen LogP contribution in [0.5, 0.6) is 0 Å². The van der Waals surface area contributed by atoms with Gasteiger partial charge >= 0.3 is 5.97 Å². The van der Waals surface area contributed by atoms with E-state index in [2.05, 4.69) is 14.9 Å². The minimum Gasteiger partial charge on any atom is -0.451 e. The third-order valence-corrected chi connectivity index (χ3v) is 4.44. The predicted molar refractivity (Wildman–Crippen MR) is 97.3 cm³/mol. The van der Waals surface area contributed by atoms with Gasteiger partial charge in [-0.1, -0.05) is 35.1 Å². The minimum atomic E-state index is -0.654. The van der Waals surface area contributed by atoms with Crippen LogP contribution in [0.1, 0.15) is 22.3 Å². The van der Waals surface area contributed by atoms with Crippen LogP contribution in [0.2, 0.25) is 5.02 Å². The van der Waals surface area contributed by atoms with E-state index in [1.54, 1.807) is 24.3 Å².